The highest BCUT2D eigenvalue weighted by atomic mass is 32.2. The molecule has 0 radical (unpaired) electrons. The molecule has 22 heavy (non-hydrogen) atoms. The second-order valence-electron chi connectivity index (χ2n) is 5.28. The molecule has 5 heteroatoms. The average molecular weight is 333 g/mol. The molecule has 0 spiro atoms. The first-order valence-corrected chi connectivity index (χ1v) is 9.88. The normalized spacial score (nSPS) is 20.5. The minimum atomic E-state index is -3.37. The molecule has 0 saturated carbocycles. The number of nitrogens with zero attached hydrogens (tertiary/aromatic N) is 1. The standard InChI is InChI=1S/C17H19NO2S2/c19-22(20,16-9-5-2-6-10-16)18-12-11-17(21-14-13-18)15-7-3-1-4-8-15/h1-10,17H,11-14H2. The lowest BCUT2D eigenvalue weighted by molar-refractivity contribution is 0.428. The van der Waals surface area contributed by atoms with E-state index in [0.29, 0.717) is 23.2 Å². The minimum absolute atomic E-state index is 0.372. The molecule has 0 aliphatic carbocycles. The molecule has 3 nitrogen and oxygen atoms in total. The van der Waals surface area contributed by atoms with Gasteiger partial charge in [-0.25, -0.2) is 8.42 Å². The van der Waals surface area contributed by atoms with Crippen molar-refractivity contribution in [1.29, 1.82) is 0 Å². The van der Waals surface area contributed by atoms with Crippen LogP contribution in [0.5, 0.6) is 0 Å². The molecule has 116 valence electrons. The summed E-state index contributed by atoms with van der Waals surface area (Å²) in [7, 11) is -3.37. The van der Waals surface area contributed by atoms with Gasteiger partial charge in [-0.1, -0.05) is 48.5 Å². The maximum atomic E-state index is 12.7. The highest BCUT2D eigenvalue weighted by Crippen LogP contribution is 2.35. The van der Waals surface area contributed by atoms with Crippen molar-refractivity contribution in [2.45, 2.75) is 16.6 Å². The van der Waals surface area contributed by atoms with E-state index < -0.39 is 10.0 Å². The number of hydrogen-bond donors (Lipinski definition) is 0. The highest BCUT2D eigenvalue weighted by Gasteiger charge is 2.28. The molecule has 1 heterocycles. The molecule has 0 bridgehead atoms. The molecule has 3 rings (SSSR count). The van der Waals surface area contributed by atoms with Crippen molar-refractivity contribution >= 4 is 21.8 Å². The molecule has 0 aromatic heterocycles. The summed E-state index contributed by atoms with van der Waals surface area (Å²) in [4.78, 5) is 0.387. The molecule has 1 saturated heterocycles. The summed E-state index contributed by atoms with van der Waals surface area (Å²) < 4.78 is 27.0. The Balaban J connectivity index is 1.76. The van der Waals surface area contributed by atoms with Gasteiger partial charge >= 0.3 is 0 Å². The number of rotatable bonds is 3. The van der Waals surface area contributed by atoms with Crippen LogP contribution >= 0.6 is 11.8 Å². The average Bonchev–Trinajstić information content (AvgIpc) is 2.83. The van der Waals surface area contributed by atoms with E-state index >= 15 is 0 Å². The Hall–Kier alpha value is -1.30. The zero-order chi connectivity index (χ0) is 15.4. The van der Waals surface area contributed by atoms with Gasteiger partial charge < -0.3 is 0 Å². The lowest BCUT2D eigenvalue weighted by atomic mass is 10.1. The lowest BCUT2D eigenvalue weighted by Crippen LogP contribution is -2.33. The Morgan fingerprint density at radius 3 is 2.23 bits per heavy atom. The molecule has 0 amide bonds. The minimum Gasteiger partial charge on any atom is -0.207 e. The first-order chi connectivity index (χ1) is 10.7. The van der Waals surface area contributed by atoms with Gasteiger partial charge in [-0.15, -0.1) is 0 Å². The Bertz CT molecular complexity index is 702. The summed E-state index contributed by atoms with van der Waals surface area (Å²) in [6, 6.07) is 19.1. The largest absolute Gasteiger partial charge is 0.243 e. The van der Waals surface area contributed by atoms with Gasteiger partial charge in [0.05, 0.1) is 4.90 Å². The fourth-order valence-electron chi connectivity index (χ4n) is 2.67. The zero-order valence-corrected chi connectivity index (χ0v) is 13.9. The van der Waals surface area contributed by atoms with Crippen LogP contribution < -0.4 is 0 Å². The predicted molar refractivity (Wildman–Crippen MR) is 91.5 cm³/mol. The summed E-state index contributed by atoms with van der Waals surface area (Å²) in [5.74, 6) is 0.825. The van der Waals surface area contributed by atoms with Crippen molar-refractivity contribution in [3.63, 3.8) is 0 Å². The van der Waals surface area contributed by atoms with Crippen molar-refractivity contribution in [2.24, 2.45) is 0 Å². The van der Waals surface area contributed by atoms with E-state index in [1.54, 1.807) is 28.6 Å². The monoisotopic (exact) mass is 333 g/mol. The zero-order valence-electron chi connectivity index (χ0n) is 12.3. The Kier molecular flexibility index (Phi) is 4.86. The lowest BCUT2D eigenvalue weighted by Gasteiger charge is -2.20. The van der Waals surface area contributed by atoms with E-state index in [-0.39, 0.29) is 0 Å². The van der Waals surface area contributed by atoms with Crippen LogP contribution in [0, 0.1) is 0 Å². The van der Waals surface area contributed by atoms with Crippen molar-refractivity contribution in [3.05, 3.63) is 66.2 Å². The van der Waals surface area contributed by atoms with Gasteiger partial charge in [0.2, 0.25) is 10.0 Å². The van der Waals surface area contributed by atoms with Gasteiger partial charge in [0.25, 0.3) is 0 Å². The SMILES string of the molecule is O=S(=O)(c1ccccc1)N1CCSC(c2ccccc2)CC1. The van der Waals surface area contributed by atoms with E-state index in [0.717, 1.165) is 12.2 Å². The summed E-state index contributed by atoms with van der Waals surface area (Å²) in [6.45, 7) is 1.15. The third-order valence-electron chi connectivity index (χ3n) is 3.85. The molecule has 2 aromatic rings. The Labute approximate surface area is 136 Å². The summed E-state index contributed by atoms with van der Waals surface area (Å²) in [5.41, 5.74) is 1.28. The second kappa shape index (κ2) is 6.86. The van der Waals surface area contributed by atoms with Crippen LogP contribution in [0.2, 0.25) is 0 Å². The van der Waals surface area contributed by atoms with Gasteiger partial charge in [-0.3, -0.25) is 0 Å². The Morgan fingerprint density at radius 1 is 0.909 bits per heavy atom. The van der Waals surface area contributed by atoms with Crippen LogP contribution in [0.3, 0.4) is 0 Å². The van der Waals surface area contributed by atoms with E-state index in [2.05, 4.69) is 12.1 Å². The summed E-state index contributed by atoms with van der Waals surface area (Å²) in [5, 5.41) is 0.372. The third-order valence-corrected chi connectivity index (χ3v) is 7.09. The van der Waals surface area contributed by atoms with Gasteiger partial charge in [0.15, 0.2) is 0 Å². The fourth-order valence-corrected chi connectivity index (χ4v) is 5.49. The molecular weight excluding hydrogens is 314 g/mol. The molecule has 1 aliphatic heterocycles. The highest BCUT2D eigenvalue weighted by molar-refractivity contribution is 7.99. The first kappa shape index (κ1) is 15.6. The number of benzene rings is 2. The molecule has 1 aliphatic rings. The second-order valence-corrected chi connectivity index (χ2v) is 8.52. The van der Waals surface area contributed by atoms with Crippen LogP contribution in [0.15, 0.2) is 65.6 Å². The predicted octanol–water partition coefficient (Wildman–Crippen LogP) is 3.56. The van der Waals surface area contributed by atoms with Crippen LogP contribution in [-0.4, -0.2) is 31.6 Å². The number of sulfonamides is 1. The van der Waals surface area contributed by atoms with Crippen molar-refractivity contribution in [1.82, 2.24) is 4.31 Å². The van der Waals surface area contributed by atoms with E-state index in [1.807, 2.05) is 36.0 Å². The Morgan fingerprint density at radius 2 is 1.55 bits per heavy atom. The van der Waals surface area contributed by atoms with Crippen LogP contribution in [0.1, 0.15) is 17.2 Å². The van der Waals surface area contributed by atoms with Crippen molar-refractivity contribution < 1.29 is 8.42 Å². The summed E-state index contributed by atoms with van der Waals surface area (Å²) >= 11 is 1.85. The van der Waals surface area contributed by atoms with Gasteiger partial charge in [-0.05, 0) is 24.1 Å². The third kappa shape index (κ3) is 3.37. The number of thioether (sulfide) groups is 1. The quantitative estimate of drug-likeness (QED) is 0.862. The topological polar surface area (TPSA) is 37.4 Å². The maximum Gasteiger partial charge on any atom is 0.243 e. The number of hydrogen-bond acceptors (Lipinski definition) is 3. The molecule has 1 atom stereocenters. The van der Waals surface area contributed by atoms with Crippen molar-refractivity contribution in [2.75, 3.05) is 18.8 Å². The van der Waals surface area contributed by atoms with Crippen molar-refractivity contribution in [3.8, 4) is 0 Å². The van der Waals surface area contributed by atoms with E-state index in [4.69, 9.17) is 0 Å². The molecule has 1 fully saturated rings. The van der Waals surface area contributed by atoms with Crippen LogP contribution in [0.25, 0.3) is 0 Å². The maximum absolute atomic E-state index is 12.7. The fraction of sp³-hybridized carbons (Fsp3) is 0.294. The van der Waals surface area contributed by atoms with E-state index in [9.17, 15) is 8.42 Å². The first-order valence-electron chi connectivity index (χ1n) is 7.40. The molecule has 2 aromatic carbocycles. The van der Waals surface area contributed by atoms with Gasteiger partial charge in [0.1, 0.15) is 0 Å². The summed E-state index contributed by atoms with van der Waals surface area (Å²) in [6.07, 6.45) is 0.848. The molecular formula is C17H19NO2S2. The van der Waals surface area contributed by atoms with Crippen LogP contribution in [-0.2, 0) is 10.0 Å². The van der Waals surface area contributed by atoms with Gasteiger partial charge in [-0.2, -0.15) is 16.1 Å². The van der Waals surface area contributed by atoms with E-state index in [1.165, 1.54) is 5.56 Å². The van der Waals surface area contributed by atoms with Crippen LogP contribution in [0.4, 0.5) is 0 Å². The molecule has 0 N–H and O–H groups in total. The smallest absolute Gasteiger partial charge is 0.207 e. The molecule has 1 unspecified atom stereocenters. The van der Waals surface area contributed by atoms with Gasteiger partial charge in [0, 0.05) is 24.1 Å².